The molecule has 8 heteroatoms. The summed E-state index contributed by atoms with van der Waals surface area (Å²) in [5.41, 5.74) is 0.843. The summed E-state index contributed by atoms with van der Waals surface area (Å²) < 4.78 is 1.49. The van der Waals surface area contributed by atoms with Gasteiger partial charge in [0.15, 0.2) is 5.78 Å². The molecule has 3 heterocycles. The van der Waals surface area contributed by atoms with Crippen molar-refractivity contribution in [3.05, 3.63) is 39.8 Å². The third kappa shape index (κ3) is 3.79. The van der Waals surface area contributed by atoms with Crippen molar-refractivity contribution in [2.24, 2.45) is 0 Å². The fourth-order valence-corrected chi connectivity index (χ4v) is 4.02. The monoisotopic (exact) mass is 361 g/mol. The van der Waals surface area contributed by atoms with E-state index in [0.717, 1.165) is 18.5 Å². The van der Waals surface area contributed by atoms with Gasteiger partial charge >= 0.3 is 5.97 Å². The predicted octanol–water partition coefficient (Wildman–Crippen LogP) is 2.25. The maximum Gasteiger partial charge on any atom is 0.325 e. The molecule has 3 rings (SSSR count). The van der Waals surface area contributed by atoms with Crippen LogP contribution in [-0.2, 0) is 11.3 Å². The van der Waals surface area contributed by atoms with Crippen molar-refractivity contribution in [2.75, 3.05) is 13.1 Å². The van der Waals surface area contributed by atoms with Crippen molar-refractivity contribution < 1.29 is 19.5 Å². The number of hydrogen-bond donors (Lipinski definition) is 1. The van der Waals surface area contributed by atoms with E-state index in [0.29, 0.717) is 22.8 Å². The topological polar surface area (TPSA) is 92.5 Å². The van der Waals surface area contributed by atoms with Gasteiger partial charge in [0.1, 0.15) is 6.54 Å². The van der Waals surface area contributed by atoms with Crippen LogP contribution in [0.5, 0.6) is 0 Å². The normalized spacial score (nSPS) is 17.5. The number of piperidine rings is 1. The first-order chi connectivity index (χ1) is 12.0. The van der Waals surface area contributed by atoms with Gasteiger partial charge in [-0.05, 0) is 38.0 Å². The number of nitrogens with zero attached hydrogens (tertiary/aromatic N) is 3. The van der Waals surface area contributed by atoms with E-state index in [2.05, 4.69) is 5.10 Å². The Labute approximate surface area is 148 Å². The molecule has 2 aromatic rings. The second-order valence-corrected chi connectivity index (χ2v) is 7.20. The van der Waals surface area contributed by atoms with Gasteiger partial charge in [-0.1, -0.05) is 0 Å². The molecule has 1 aliphatic heterocycles. The van der Waals surface area contributed by atoms with Crippen LogP contribution in [0.15, 0.2) is 24.4 Å². The molecule has 132 valence electrons. The molecule has 0 aliphatic carbocycles. The van der Waals surface area contributed by atoms with E-state index >= 15 is 0 Å². The highest BCUT2D eigenvalue weighted by Crippen LogP contribution is 2.29. The Kier molecular flexibility index (Phi) is 4.98. The van der Waals surface area contributed by atoms with Crippen molar-refractivity contribution in [3.8, 4) is 0 Å². The minimum atomic E-state index is -0.941. The average molecular weight is 361 g/mol. The molecule has 1 saturated heterocycles. The highest BCUT2D eigenvalue weighted by Gasteiger charge is 2.28. The number of aliphatic carboxylic acids is 1. The van der Waals surface area contributed by atoms with Crippen molar-refractivity contribution >= 4 is 29.0 Å². The van der Waals surface area contributed by atoms with E-state index in [-0.39, 0.29) is 24.2 Å². The maximum atomic E-state index is 12.7. The van der Waals surface area contributed by atoms with E-state index in [1.54, 1.807) is 23.2 Å². The molecule has 0 saturated carbocycles. The largest absolute Gasteiger partial charge is 0.480 e. The number of carboxylic acids is 1. The lowest BCUT2D eigenvalue weighted by Crippen LogP contribution is -2.39. The molecule has 1 atom stereocenters. The molecule has 0 spiro atoms. The van der Waals surface area contributed by atoms with E-state index in [1.807, 2.05) is 6.07 Å². The van der Waals surface area contributed by atoms with Crippen LogP contribution in [0.3, 0.4) is 0 Å². The number of aromatic nitrogens is 2. The molecule has 1 amide bonds. The van der Waals surface area contributed by atoms with Crippen LogP contribution in [0.4, 0.5) is 0 Å². The van der Waals surface area contributed by atoms with Gasteiger partial charge in [0.25, 0.3) is 5.91 Å². The fourth-order valence-electron chi connectivity index (χ4n) is 3.15. The molecule has 0 unspecified atom stereocenters. The molecule has 0 bridgehead atoms. The third-order valence-electron chi connectivity index (χ3n) is 4.33. The van der Waals surface area contributed by atoms with E-state index in [1.165, 1.54) is 22.9 Å². The Morgan fingerprint density at radius 1 is 1.28 bits per heavy atom. The van der Waals surface area contributed by atoms with Crippen LogP contribution in [0.1, 0.15) is 50.7 Å². The van der Waals surface area contributed by atoms with Crippen molar-refractivity contribution in [3.63, 3.8) is 0 Å². The van der Waals surface area contributed by atoms with Gasteiger partial charge in [-0.15, -0.1) is 11.3 Å². The van der Waals surface area contributed by atoms with Crippen LogP contribution >= 0.6 is 11.3 Å². The molecule has 25 heavy (non-hydrogen) atoms. The van der Waals surface area contributed by atoms with Crippen LogP contribution in [0, 0.1) is 0 Å². The lowest BCUT2D eigenvalue weighted by molar-refractivity contribution is -0.137. The van der Waals surface area contributed by atoms with Gasteiger partial charge in [-0.25, -0.2) is 0 Å². The third-order valence-corrected chi connectivity index (χ3v) is 5.50. The molecular formula is C17H19N3O4S. The predicted molar refractivity (Wildman–Crippen MR) is 92.1 cm³/mol. The minimum Gasteiger partial charge on any atom is -0.480 e. The number of carbonyl (C=O) groups excluding carboxylic acids is 2. The van der Waals surface area contributed by atoms with Crippen molar-refractivity contribution in [2.45, 2.75) is 32.2 Å². The number of carbonyl (C=O) groups is 3. The zero-order valence-electron chi connectivity index (χ0n) is 13.8. The number of rotatable bonds is 5. The summed E-state index contributed by atoms with van der Waals surface area (Å²) in [5, 5.41) is 13.1. The smallest absolute Gasteiger partial charge is 0.325 e. The quantitative estimate of drug-likeness (QED) is 0.825. The molecule has 1 aliphatic rings. The Balaban J connectivity index is 1.74. The van der Waals surface area contributed by atoms with Gasteiger partial charge in [0, 0.05) is 30.9 Å². The van der Waals surface area contributed by atoms with Crippen LogP contribution in [-0.4, -0.2) is 50.5 Å². The Morgan fingerprint density at radius 2 is 2.04 bits per heavy atom. The number of carboxylic acid groups (broad SMARTS) is 1. The van der Waals surface area contributed by atoms with Crippen molar-refractivity contribution in [1.82, 2.24) is 14.7 Å². The van der Waals surface area contributed by atoms with Gasteiger partial charge < -0.3 is 10.0 Å². The van der Waals surface area contributed by atoms with Gasteiger partial charge in [0.05, 0.1) is 9.75 Å². The summed E-state index contributed by atoms with van der Waals surface area (Å²) in [6.07, 6.45) is 3.33. The standard InChI is InChI=1S/C17H19N3O4S/c1-11(21)14-4-5-15(25-14)17(24)19-8-2-3-12(9-19)13-6-7-18-20(13)10-16(22)23/h4-7,12H,2-3,8-10H2,1H3,(H,22,23)/t12-/m1/s1. The number of likely N-dealkylation sites (tertiary alicyclic amines) is 1. The summed E-state index contributed by atoms with van der Waals surface area (Å²) in [6, 6.07) is 5.20. The second kappa shape index (κ2) is 7.18. The van der Waals surface area contributed by atoms with Gasteiger partial charge in [-0.3, -0.25) is 19.1 Å². The SMILES string of the molecule is CC(=O)c1ccc(C(=O)N2CCC[C@@H](c3ccnn3CC(=O)O)C2)s1. The highest BCUT2D eigenvalue weighted by atomic mass is 32.1. The minimum absolute atomic E-state index is 0.0434. The molecule has 1 N–H and O–H groups in total. The van der Waals surface area contributed by atoms with Crippen LogP contribution < -0.4 is 0 Å². The highest BCUT2D eigenvalue weighted by molar-refractivity contribution is 7.15. The zero-order chi connectivity index (χ0) is 18.0. The second-order valence-electron chi connectivity index (χ2n) is 6.12. The average Bonchev–Trinajstić information content (AvgIpc) is 3.23. The number of amides is 1. The van der Waals surface area contributed by atoms with E-state index < -0.39 is 5.97 Å². The summed E-state index contributed by atoms with van der Waals surface area (Å²) >= 11 is 1.22. The maximum absolute atomic E-state index is 12.7. The summed E-state index contributed by atoms with van der Waals surface area (Å²) in [5.74, 6) is -1.000. The summed E-state index contributed by atoms with van der Waals surface area (Å²) in [7, 11) is 0. The molecule has 1 fully saturated rings. The zero-order valence-corrected chi connectivity index (χ0v) is 14.7. The van der Waals surface area contributed by atoms with E-state index in [4.69, 9.17) is 5.11 Å². The first kappa shape index (κ1) is 17.3. The first-order valence-electron chi connectivity index (χ1n) is 8.09. The van der Waals surface area contributed by atoms with Gasteiger partial charge in [-0.2, -0.15) is 5.10 Å². The van der Waals surface area contributed by atoms with E-state index in [9.17, 15) is 14.4 Å². The van der Waals surface area contributed by atoms with Crippen LogP contribution in [0.2, 0.25) is 0 Å². The van der Waals surface area contributed by atoms with Gasteiger partial charge in [0.2, 0.25) is 0 Å². The Hall–Kier alpha value is -2.48. The molecule has 2 aromatic heterocycles. The molecule has 7 nitrogen and oxygen atoms in total. The lowest BCUT2D eigenvalue weighted by atomic mass is 9.94. The lowest BCUT2D eigenvalue weighted by Gasteiger charge is -2.32. The van der Waals surface area contributed by atoms with Crippen molar-refractivity contribution in [1.29, 1.82) is 0 Å². The fraction of sp³-hybridized carbons (Fsp3) is 0.412. The summed E-state index contributed by atoms with van der Waals surface area (Å²) in [6.45, 7) is 2.49. The summed E-state index contributed by atoms with van der Waals surface area (Å²) in [4.78, 5) is 38.0. The number of hydrogen-bond acceptors (Lipinski definition) is 5. The molecular weight excluding hydrogens is 342 g/mol. The Morgan fingerprint density at radius 3 is 2.72 bits per heavy atom. The first-order valence-corrected chi connectivity index (χ1v) is 8.91. The number of Topliss-reactive ketones (excluding diaryl/α,β-unsaturated/α-hetero) is 1. The number of thiophene rings is 1. The molecule has 0 aromatic carbocycles. The van der Waals surface area contributed by atoms with Crippen LogP contribution in [0.25, 0.3) is 0 Å². The number of ketones is 1. The molecule has 0 radical (unpaired) electrons. The Bertz CT molecular complexity index is 810.